The number of hydrogen-bond acceptors (Lipinski definition) is 4. The molecule has 1 atom stereocenters. The van der Waals surface area contributed by atoms with Gasteiger partial charge in [0.15, 0.2) is 5.96 Å². The van der Waals surface area contributed by atoms with Gasteiger partial charge in [0.1, 0.15) is 10.8 Å². The summed E-state index contributed by atoms with van der Waals surface area (Å²) in [6.45, 7) is 5.47. The molecule has 1 aromatic carbocycles. The highest BCUT2D eigenvalue weighted by atomic mass is 32.1. The Morgan fingerprint density at radius 3 is 2.70 bits per heavy atom. The predicted octanol–water partition coefficient (Wildman–Crippen LogP) is 2.38. The zero-order valence-electron chi connectivity index (χ0n) is 13.2. The van der Waals surface area contributed by atoms with Crippen LogP contribution in [0.4, 0.5) is 4.39 Å². The quantitative estimate of drug-likeness (QED) is 0.560. The number of guanidine groups is 1. The van der Waals surface area contributed by atoms with E-state index in [-0.39, 0.29) is 12.4 Å². The Bertz CT molecular complexity index is 642. The third-order valence-corrected chi connectivity index (χ3v) is 4.00. The van der Waals surface area contributed by atoms with Gasteiger partial charge in [0.2, 0.25) is 0 Å². The van der Waals surface area contributed by atoms with Crippen LogP contribution in [-0.2, 0) is 6.54 Å². The minimum absolute atomic E-state index is 0.286. The Hall–Kier alpha value is -1.99. The van der Waals surface area contributed by atoms with Gasteiger partial charge in [0, 0.05) is 24.2 Å². The molecule has 0 saturated heterocycles. The summed E-state index contributed by atoms with van der Waals surface area (Å²) in [5.41, 5.74) is 0.658. The Morgan fingerprint density at radius 2 is 2.09 bits per heavy atom. The van der Waals surface area contributed by atoms with Crippen molar-refractivity contribution >= 4 is 17.3 Å². The lowest BCUT2D eigenvalue weighted by Gasteiger charge is -2.15. The first-order chi connectivity index (χ1) is 11.1. The van der Waals surface area contributed by atoms with Crippen molar-refractivity contribution in [2.45, 2.75) is 26.5 Å². The van der Waals surface area contributed by atoms with Crippen molar-refractivity contribution in [3.8, 4) is 0 Å². The van der Waals surface area contributed by atoms with Crippen LogP contribution in [0.15, 0.2) is 35.5 Å². The van der Waals surface area contributed by atoms with Crippen molar-refractivity contribution in [1.82, 2.24) is 15.6 Å². The van der Waals surface area contributed by atoms with Crippen molar-refractivity contribution in [2.24, 2.45) is 4.99 Å². The second kappa shape index (κ2) is 8.59. The molecule has 1 unspecified atom stereocenters. The van der Waals surface area contributed by atoms with Gasteiger partial charge in [-0.3, -0.25) is 0 Å². The van der Waals surface area contributed by atoms with E-state index in [1.54, 1.807) is 23.5 Å². The highest BCUT2D eigenvalue weighted by Crippen LogP contribution is 2.13. The molecule has 0 aliphatic rings. The number of aromatic nitrogens is 1. The van der Waals surface area contributed by atoms with Gasteiger partial charge in [0.05, 0.1) is 12.6 Å². The van der Waals surface area contributed by atoms with E-state index in [1.807, 2.05) is 20.0 Å². The van der Waals surface area contributed by atoms with E-state index in [2.05, 4.69) is 20.6 Å². The normalized spacial score (nSPS) is 13.0. The highest BCUT2D eigenvalue weighted by Gasteiger charge is 2.09. The lowest BCUT2D eigenvalue weighted by Crippen LogP contribution is -2.39. The molecule has 2 rings (SSSR count). The van der Waals surface area contributed by atoms with Gasteiger partial charge in [-0.2, -0.15) is 0 Å². The van der Waals surface area contributed by atoms with Gasteiger partial charge in [-0.25, -0.2) is 14.4 Å². The third-order valence-electron chi connectivity index (χ3n) is 3.10. The summed E-state index contributed by atoms with van der Waals surface area (Å²) in [7, 11) is 0. The molecule has 0 amide bonds. The van der Waals surface area contributed by atoms with Crippen LogP contribution in [0.1, 0.15) is 28.5 Å². The fraction of sp³-hybridized carbons (Fsp3) is 0.375. The number of aliphatic hydroxyl groups is 1. The maximum atomic E-state index is 12.9. The number of nitrogens with zero attached hydrogens (tertiary/aromatic N) is 2. The van der Waals surface area contributed by atoms with E-state index in [0.717, 1.165) is 16.4 Å². The van der Waals surface area contributed by atoms with Crippen molar-refractivity contribution in [3.05, 3.63) is 51.7 Å². The van der Waals surface area contributed by atoms with Crippen molar-refractivity contribution in [2.75, 3.05) is 13.1 Å². The molecule has 2 aromatic rings. The summed E-state index contributed by atoms with van der Waals surface area (Å²) in [4.78, 5) is 9.87. The van der Waals surface area contributed by atoms with E-state index in [0.29, 0.717) is 18.1 Å². The molecule has 23 heavy (non-hydrogen) atoms. The second-order valence-corrected chi connectivity index (χ2v) is 6.33. The fourth-order valence-corrected chi connectivity index (χ4v) is 2.67. The summed E-state index contributed by atoms with van der Waals surface area (Å²) >= 11 is 1.61. The van der Waals surface area contributed by atoms with Crippen LogP contribution in [0, 0.1) is 12.7 Å². The first-order valence-electron chi connectivity index (χ1n) is 7.45. The van der Waals surface area contributed by atoms with Gasteiger partial charge >= 0.3 is 0 Å². The van der Waals surface area contributed by atoms with Crippen molar-refractivity contribution < 1.29 is 9.50 Å². The third kappa shape index (κ3) is 5.61. The molecule has 0 spiro atoms. The van der Waals surface area contributed by atoms with Crippen molar-refractivity contribution in [3.63, 3.8) is 0 Å². The van der Waals surface area contributed by atoms with Crippen LogP contribution in [0.2, 0.25) is 0 Å². The van der Waals surface area contributed by atoms with Crippen LogP contribution in [0.3, 0.4) is 0 Å². The average molecular weight is 336 g/mol. The second-order valence-electron chi connectivity index (χ2n) is 5.01. The SMILES string of the molecule is CCNC(=NCc1ncc(C)s1)NCC(O)c1ccc(F)cc1. The van der Waals surface area contributed by atoms with Crippen LogP contribution in [0.5, 0.6) is 0 Å². The van der Waals surface area contributed by atoms with Crippen LogP contribution < -0.4 is 10.6 Å². The van der Waals surface area contributed by atoms with E-state index in [4.69, 9.17) is 0 Å². The first-order valence-corrected chi connectivity index (χ1v) is 8.27. The minimum Gasteiger partial charge on any atom is -0.387 e. The highest BCUT2D eigenvalue weighted by molar-refractivity contribution is 7.11. The van der Waals surface area contributed by atoms with Crippen LogP contribution in [0.25, 0.3) is 0 Å². The number of rotatable bonds is 6. The number of thiazole rings is 1. The molecule has 1 heterocycles. The summed E-state index contributed by atoms with van der Waals surface area (Å²) in [6.07, 6.45) is 1.09. The van der Waals surface area contributed by atoms with E-state index in [9.17, 15) is 9.50 Å². The molecule has 0 fully saturated rings. The number of hydrogen-bond donors (Lipinski definition) is 3. The summed E-state index contributed by atoms with van der Waals surface area (Å²) in [6, 6.07) is 5.82. The molecule has 0 aliphatic heterocycles. The molecule has 0 aliphatic carbocycles. The number of aliphatic hydroxyl groups excluding tert-OH is 1. The first kappa shape index (κ1) is 17.4. The molecule has 0 saturated carbocycles. The van der Waals surface area contributed by atoms with Crippen molar-refractivity contribution in [1.29, 1.82) is 0 Å². The number of halogens is 1. The van der Waals surface area contributed by atoms with Crippen LogP contribution in [-0.4, -0.2) is 29.1 Å². The molecule has 124 valence electrons. The van der Waals surface area contributed by atoms with Gasteiger partial charge in [-0.1, -0.05) is 12.1 Å². The maximum Gasteiger partial charge on any atom is 0.191 e. The van der Waals surface area contributed by atoms with Crippen LogP contribution >= 0.6 is 11.3 Å². The maximum absolute atomic E-state index is 12.9. The van der Waals surface area contributed by atoms with E-state index in [1.165, 1.54) is 12.1 Å². The molecular weight excluding hydrogens is 315 g/mol. The largest absolute Gasteiger partial charge is 0.387 e. The predicted molar refractivity (Wildman–Crippen MR) is 91.0 cm³/mol. The average Bonchev–Trinajstić information content (AvgIpc) is 2.96. The molecule has 1 aromatic heterocycles. The monoisotopic (exact) mass is 336 g/mol. The molecule has 0 bridgehead atoms. The lowest BCUT2D eigenvalue weighted by molar-refractivity contribution is 0.180. The Kier molecular flexibility index (Phi) is 6.49. The minimum atomic E-state index is -0.735. The smallest absolute Gasteiger partial charge is 0.191 e. The molecule has 7 heteroatoms. The Morgan fingerprint density at radius 1 is 1.35 bits per heavy atom. The number of aliphatic imine (C=N–C) groups is 1. The zero-order valence-corrected chi connectivity index (χ0v) is 14.0. The Labute approximate surface area is 139 Å². The number of nitrogens with one attached hydrogen (secondary N) is 2. The zero-order chi connectivity index (χ0) is 16.7. The number of benzene rings is 1. The standard InChI is InChI=1S/C16H21FN4OS/c1-3-18-16(21-10-15-19-8-11(2)23-15)20-9-14(22)12-4-6-13(17)7-5-12/h4-8,14,22H,3,9-10H2,1-2H3,(H2,18,20,21). The molecule has 0 radical (unpaired) electrons. The molecular formula is C16H21FN4OS. The van der Waals surface area contributed by atoms with Gasteiger partial charge in [0.25, 0.3) is 0 Å². The summed E-state index contributed by atoms with van der Waals surface area (Å²) in [5, 5.41) is 17.3. The fourth-order valence-electron chi connectivity index (χ4n) is 1.96. The topological polar surface area (TPSA) is 69.5 Å². The van der Waals surface area contributed by atoms with Gasteiger partial charge < -0.3 is 15.7 Å². The summed E-state index contributed by atoms with van der Waals surface area (Å²) in [5.74, 6) is 0.295. The molecule has 3 N–H and O–H groups in total. The summed E-state index contributed by atoms with van der Waals surface area (Å²) < 4.78 is 12.9. The number of aryl methyl sites for hydroxylation is 1. The van der Waals surface area contributed by atoms with Gasteiger partial charge in [-0.05, 0) is 31.5 Å². The van der Waals surface area contributed by atoms with E-state index < -0.39 is 6.10 Å². The Balaban J connectivity index is 1.91. The lowest BCUT2D eigenvalue weighted by atomic mass is 10.1. The van der Waals surface area contributed by atoms with E-state index >= 15 is 0 Å². The molecule has 5 nitrogen and oxygen atoms in total. The van der Waals surface area contributed by atoms with Gasteiger partial charge in [-0.15, -0.1) is 11.3 Å².